The van der Waals surface area contributed by atoms with Crippen molar-refractivity contribution in [1.82, 2.24) is 0 Å². The number of guanidine groups is 1. The molecule has 0 amide bonds. The van der Waals surface area contributed by atoms with Gasteiger partial charge >= 0.3 is 0 Å². The number of hydrogen-bond donors (Lipinski definition) is 3. The number of carboxylic acids is 1. The van der Waals surface area contributed by atoms with E-state index in [2.05, 4.69) is 26.1 Å². The SMILES string of the molecule is CC(=O)O.COc1cc(OC)c(C=NN=C(N)N)cc1Br. The van der Waals surface area contributed by atoms with Crippen molar-refractivity contribution in [2.24, 2.45) is 21.7 Å². The molecule has 0 fully saturated rings. The number of ether oxygens (including phenoxy) is 2. The summed E-state index contributed by atoms with van der Waals surface area (Å²) in [5.41, 5.74) is 11.0. The number of carbonyl (C=O) groups is 1. The van der Waals surface area contributed by atoms with Gasteiger partial charge in [0.25, 0.3) is 5.97 Å². The number of nitrogens with zero attached hydrogens (tertiary/aromatic N) is 2. The van der Waals surface area contributed by atoms with Gasteiger partial charge in [-0.05, 0) is 22.0 Å². The summed E-state index contributed by atoms with van der Waals surface area (Å²) < 4.78 is 11.1. The van der Waals surface area contributed by atoms with Gasteiger partial charge in [0.05, 0.1) is 24.9 Å². The lowest BCUT2D eigenvalue weighted by atomic mass is 10.2. The fraction of sp³-hybridized carbons (Fsp3) is 0.250. The highest BCUT2D eigenvalue weighted by molar-refractivity contribution is 9.10. The Hall–Kier alpha value is -2.29. The molecule has 21 heavy (non-hydrogen) atoms. The summed E-state index contributed by atoms with van der Waals surface area (Å²) in [4.78, 5) is 9.00. The van der Waals surface area contributed by atoms with Gasteiger partial charge in [-0.25, -0.2) is 0 Å². The fourth-order valence-corrected chi connectivity index (χ4v) is 1.66. The molecule has 116 valence electrons. The van der Waals surface area contributed by atoms with Crippen LogP contribution in [0.5, 0.6) is 11.5 Å². The highest BCUT2D eigenvalue weighted by atomic mass is 79.9. The van der Waals surface area contributed by atoms with Gasteiger partial charge < -0.3 is 26.0 Å². The molecule has 0 aliphatic heterocycles. The van der Waals surface area contributed by atoms with Gasteiger partial charge in [0, 0.05) is 18.6 Å². The van der Waals surface area contributed by atoms with Crippen molar-refractivity contribution in [1.29, 1.82) is 0 Å². The second kappa shape index (κ2) is 9.59. The van der Waals surface area contributed by atoms with Crippen LogP contribution in [0.25, 0.3) is 0 Å². The molecule has 0 saturated heterocycles. The minimum Gasteiger partial charge on any atom is -0.496 e. The molecule has 0 unspecified atom stereocenters. The van der Waals surface area contributed by atoms with Crippen LogP contribution in [-0.4, -0.2) is 37.5 Å². The van der Waals surface area contributed by atoms with Crippen molar-refractivity contribution >= 4 is 34.1 Å². The third-order valence-electron chi connectivity index (χ3n) is 1.87. The Kier molecular flexibility index (Phi) is 8.54. The van der Waals surface area contributed by atoms with E-state index in [1.165, 1.54) is 6.21 Å². The number of halogens is 1. The highest BCUT2D eigenvalue weighted by Gasteiger charge is 2.07. The van der Waals surface area contributed by atoms with E-state index in [-0.39, 0.29) is 5.96 Å². The number of hydrogen-bond acceptors (Lipinski definition) is 5. The number of nitrogens with two attached hydrogens (primary N) is 2. The molecule has 1 aromatic rings. The van der Waals surface area contributed by atoms with Crippen LogP contribution < -0.4 is 20.9 Å². The van der Waals surface area contributed by atoms with E-state index in [1.807, 2.05) is 0 Å². The minimum absolute atomic E-state index is 0.104. The molecule has 0 aromatic heterocycles. The molecule has 8 nitrogen and oxygen atoms in total. The monoisotopic (exact) mass is 360 g/mol. The van der Waals surface area contributed by atoms with Crippen molar-refractivity contribution in [2.45, 2.75) is 6.92 Å². The van der Waals surface area contributed by atoms with Crippen LogP contribution in [0, 0.1) is 0 Å². The normalized spacial score (nSPS) is 9.52. The van der Waals surface area contributed by atoms with E-state index in [1.54, 1.807) is 26.4 Å². The summed E-state index contributed by atoms with van der Waals surface area (Å²) in [5, 5.41) is 14.6. The Morgan fingerprint density at radius 2 is 1.81 bits per heavy atom. The molecule has 0 bridgehead atoms. The predicted octanol–water partition coefficient (Wildman–Crippen LogP) is 1.16. The highest BCUT2D eigenvalue weighted by Crippen LogP contribution is 2.31. The molecule has 0 spiro atoms. The number of rotatable bonds is 4. The first-order valence-corrected chi connectivity index (χ1v) is 6.34. The van der Waals surface area contributed by atoms with Gasteiger partial charge in [0.15, 0.2) is 0 Å². The molecule has 5 N–H and O–H groups in total. The van der Waals surface area contributed by atoms with Crippen LogP contribution in [-0.2, 0) is 4.79 Å². The van der Waals surface area contributed by atoms with E-state index in [4.69, 9.17) is 30.8 Å². The third kappa shape index (κ3) is 7.78. The van der Waals surface area contributed by atoms with E-state index >= 15 is 0 Å². The van der Waals surface area contributed by atoms with Gasteiger partial charge in [-0.1, -0.05) is 0 Å². The largest absolute Gasteiger partial charge is 0.496 e. The Morgan fingerprint density at radius 1 is 1.29 bits per heavy atom. The topological polar surface area (TPSA) is 133 Å². The van der Waals surface area contributed by atoms with Crippen LogP contribution in [0.3, 0.4) is 0 Å². The molecule has 0 saturated carbocycles. The smallest absolute Gasteiger partial charge is 0.300 e. The van der Waals surface area contributed by atoms with Crippen LogP contribution >= 0.6 is 15.9 Å². The third-order valence-corrected chi connectivity index (χ3v) is 2.49. The lowest BCUT2D eigenvalue weighted by molar-refractivity contribution is -0.134. The van der Waals surface area contributed by atoms with Gasteiger partial charge in [-0.3, -0.25) is 4.79 Å². The summed E-state index contributed by atoms with van der Waals surface area (Å²) >= 11 is 3.36. The molecule has 0 radical (unpaired) electrons. The average molecular weight is 361 g/mol. The summed E-state index contributed by atoms with van der Waals surface area (Å²) in [7, 11) is 3.13. The number of carboxylic acid groups (broad SMARTS) is 1. The molecular weight excluding hydrogens is 344 g/mol. The number of methoxy groups -OCH3 is 2. The first-order valence-electron chi connectivity index (χ1n) is 5.54. The zero-order chi connectivity index (χ0) is 16.4. The van der Waals surface area contributed by atoms with Gasteiger partial charge in [-0.2, -0.15) is 5.10 Å². The maximum Gasteiger partial charge on any atom is 0.300 e. The van der Waals surface area contributed by atoms with Gasteiger partial charge in [0.1, 0.15) is 11.5 Å². The van der Waals surface area contributed by atoms with Crippen molar-refractivity contribution in [3.05, 3.63) is 22.2 Å². The standard InChI is InChI=1S/C10H13BrN4O2.C2H4O2/c1-16-8-4-9(17-2)7(11)3-6(8)5-14-15-10(12)13;1-2(3)4/h3-5H,1-2H3,(H4,12,13,15);1H3,(H,3,4). The molecular formula is C12H17BrN4O4. The summed E-state index contributed by atoms with van der Waals surface area (Å²) in [6, 6.07) is 3.53. The second-order valence-electron chi connectivity index (χ2n) is 3.52. The van der Waals surface area contributed by atoms with E-state index in [0.29, 0.717) is 11.5 Å². The van der Waals surface area contributed by atoms with Crippen molar-refractivity contribution in [3.8, 4) is 11.5 Å². The molecule has 1 aromatic carbocycles. The maximum absolute atomic E-state index is 9.00. The Bertz CT molecular complexity index is 538. The maximum atomic E-state index is 9.00. The summed E-state index contributed by atoms with van der Waals surface area (Å²) in [5.74, 6) is 0.341. The van der Waals surface area contributed by atoms with E-state index in [9.17, 15) is 0 Å². The molecule has 0 aliphatic carbocycles. The zero-order valence-corrected chi connectivity index (χ0v) is 13.4. The lowest BCUT2D eigenvalue weighted by Gasteiger charge is -2.08. The molecule has 0 atom stereocenters. The van der Waals surface area contributed by atoms with E-state index in [0.717, 1.165) is 17.0 Å². The van der Waals surface area contributed by atoms with E-state index < -0.39 is 5.97 Å². The van der Waals surface area contributed by atoms with Crippen LogP contribution in [0.2, 0.25) is 0 Å². The second-order valence-corrected chi connectivity index (χ2v) is 4.37. The quantitative estimate of drug-likeness (QED) is 0.419. The van der Waals surface area contributed by atoms with Gasteiger partial charge in [-0.15, -0.1) is 5.10 Å². The first kappa shape index (κ1) is 18.7. The summed E-state index contributed by atoms with van der Waals surface area (Å²) in [6.45, 7) is 1.08. The van der Waals surface area contributed by atoms with Crippen molar-refractivity contribution < 1.29 is 19.4 Å². The van der Waals surface area contributed by atoms with Crippen LogP contribution in [0.15, 0.2) is 26.8 Å². The Balaban J connectivity index is 0.000000885. The molecule has 1 rings (SSSR count). The van der Waals surface area contributed by atoms with Crippen molar-refractivity contribution in [3.63, 3.8) is 0 Å². The molecule has 0 heterocycles. The molecule has 0 aliphatic rings. The Morgan fingerprint density at radius 3 is 2.24 bits per heavy atom. The predicted molar refractivity (Wildman–Crippen MR) is 84.0 cm³/mol. The van der Waals surface area contributed by atoms with Crippen molar-refractivity contribution in [2.75, 3.05) is 14.2 Å². The lowest BCUT2D eigenvalue weighted by Crippen LogP contribution is -2.21. The Labute approximate surface area is 130 Å². The summed E-state index contributed by atoms with van der Waals surface area (Å²) in [6.07, 6.45) is 1.49. The number of benzene rings is 1. The van der Waals surface area contributed by atoms with Gasteiger partial charge in [0.2, 0.25) is 5.96 Å². The fourth-order valence-electron chi connectivity index (χ4n) is 1.14. The minimum atomic E-state index is -0.833. The van der Waals surface area contributed by atoms with Crippen LogP contribution in [0.4, 0.5) is 0 Å². The molecule has 9 heteroatoms. The first-order chi connectivity index (χ1) is 9.81. The zero-order valence-electron chi connectivity index (χ0n) is 11.8. The average Bonchev–Trinajstić information content (AvgIpc) is 2.38. The number of aliphatic carboxylic acids is 1. The van der Waals surface area contributed by atoms with Crippen LogP contribution in [0.1, 0.15) is 12.5 Å².